The Morgan fingerprint density at radius 1 is 1.39 bits per heavy atom. The fourth-order valence-electron chi connectivity index (χ4n) is 2.12. The third-order valence-corrected chi connectivity index (χ3v) is 3.04. The summed E-state index contributed by atoms with van der Waals surface area (Å²) < 4.78 is 16.0. The minimum absolute atomic E-state index is 0.147. The van der Waals surface area contributed by atoms with Gasteiger partial charge in [-0.25, -0.2) is 0 Å². The normalized spacial score (nSPS) is 17.7. The molecule has 0 spiro atoms. The number of phenolic OH excluding ortho intramolecular Hbond substituents is 1. The Morgan fingerprint density at radius 2 is 2.00 bits per heavy atom. The highest BCUT2D eigenvalue weighted by Gasteiger charge is 2.37. The van der Waals surface area contributed by atoms with Crippen LogP contribution in [0, 0.1) is 0 Å². The van der Waals surface area contributed by atoms with Gasteiger partial charge in [0.1, 0.15) is 17.1 Å². The van der Waals surface area contributed by atoms with Crippen LogP contribution in [-0.2, 0) is 15.3 Å². The zero-order chi connectivity index (χ0) is 13.3. The van der Waals surface area contributed by atoms with Crippen LogP contribution in [0.1, 0.15) is 29.8 Å². The van der Waals surface area contributed by atoms with Gasteiger partial charge in [-0.15, -0.1) is 0 Å². The van der Waals surface area contributed by atoms with E-state index in [1.165, 1.54) is 14.0 Å². The van der Waals surface area contributed by atoms with Crippen molar-refractivity contribution in [3.05, 3.63) is 23.3 Å². The summed E-state index contributed by atoms with van der Waals surface area (Å²) in [7, 11) is 1.45. The summed E-state index contributed by atoms with van der Waals surface area (Å²) in [6.07, 6.45) is 0. The van der Waals surface area contributed by atoms with Crippen molar-refractivity contribution in [1.82, 2.24) is 0 Å². The number of methoxy groups -OCH3 is 1. The lowest BCUT2D eigenvalue weighted by molar-refractivity contribution is -0.150. The lowest BCUT2D eigenvalue weighted by atomic mass is 9.99. The molecular formula is C13H16O5. The number of ether oxygens (including phenoxy) is 3. The molecule has 0 atom stereocenters. The van der Waals surface area contributed by atoms with Crippen molar-refractivity contribution in [2.75, 3.05) is 20.3 Å². The molecule has 2 rings (SSSR count). The molecule has 0 aliphatic carbocycles. The van der Waals surface area contributed by atoms with E-state index in [-0.39, 0.29) is 17.1 Å². The fourth-order valence-corrected chi connectivity index (χ4v) is 2.12. The van der Waals surface area contributed by atoms with Gasteiger partial charge in [0.05, 0.1) is 25.9 Å². The largest absolute Gasteiger partial charge is 0.507 e. The fraction of sp³-hybridized carbons (Fsp3) is 0.462. The number of ketones is 1. The second-order valence-electron chi connectivity index (χ2n) is 4.24. The number of carbonyl (C=O) groups excluding carboxylic acids is 1. The van der Waals surface area contributed by atoms with Crippen LogP contribution in [-0.4, -0.2) is 31.2 Å². The van der Waals surface area contributed by atoms with Gasteiger partial charge in [-0.2, -0.15) is 0 Å². The number of hydrogen-bond donors (Lipinski definition) is 1. The van der Waals surface area contributed by atoms with E-state index in [4.69, 9.17) is 14.2 Å². The second kappa shape index (κ2) is 4.59. The Hall–Kier alpha value is -1.59. The third kappa shape index (κ3) is 1.95. The highest BCUT2D eigenvalue weighted by Crippen LogP contribution is 2.41. The van der Waals surface area contributed by atoms with E-state index in [9.17, 15) is 9.90 Å². The molecule has 1 aromatic carbocycles. The lowest BCUT2D eigenvalue weighted by Gasteiger charge is -2.25. The van der Waals surface area contributed by atoms with E-state index in [2.05, 4.69) is 0 Å². The third-order valence-electron chi connectivity index (χ3n) is 3.04. The minimum Gasteiger partial charge on any atom is -0.507 e. The Balaban J connectivity index is 2.57. The standard InChI is InChI=1S/C13H16O5/c1-8(14)11-10(16-3)5-4-9(12(11)15)13(2)17-6-7-18-13/h4-5,15H,6-7H2,1-3H3. The van der Waals surface area contributed by atoms with Gasteiger partial charge in [0.25, 0.3) is 0 Å². The maximum atomic E-state index is 11.6. The molecule has 1 aliphatic rings. The van der Waals surface area contributed by atoms with E-state index in [1.807, 2.05) is 0 Å². The minimum atomic E-state index is -1.01. The molecule has 1 aromatic rings. The molecule has 0 aromatic heterocycles. The summed E-state index contributed by atoms with van der Waals surface area (Å²) in [5.41, 5.74) is 0.585. The molecule has 0 amide bonds. The molecular weight excluding hydrogens is 236 g/mol. The van der Waals surface area contributed by atoms with Crippen LogP contribution in [0.2, 0.25) is 0 Å². The van der Waals surface area contributed by atoms with Crippen LogP contribution in [0.3, 0.4) is 0 Å². The number of benzene rings is 1. The molecule has 5 nitrogen and oxygen atoms in total. The zero-order valence-corrected chi connectivity index (χ0v) is 10.6. The quantitative estimate of drug-likeness (QED) is 0.831. The SMILES string of the molecule is COc1ccc(C2(C)OCCO2)c(O)c1C(C)=O. The summed E-state index contributed by atoms with van der Waals surface area (Å²) in [5, 5.41) is 10.2. The first-order valence-electron chi connectivity index (χ1n) is 5.69. The maximum Gasteiger partial charge on any atom is 0.195 e. The number of phenols is 1. The molecule has 0 saturated carbocycles. The van der Waals surface area contributed by atoms with Gasteiger partial charge in [-0.05, 0) is 26.0 Å². The van der Waals surface area contributed by atoms with Gasteiger partial charge in [-0.3, -0.25) is 4.79 Å². The van der Waals surface area contributed by atoms with E-state index < -0.39 is 5.79 Å². The Morgan fingerprint density at radius 3 is 2.50 bits per heavy atom. The topological polar surface area (TPSA) is 65.0 Å². The molecule has 1 saturated heterocycles. The Bertz CT molecular complexity index is 475. The highest BCUT2D eigenvalue weighted by atomic mass is 16.7. The van der Waals surface area contributed by atoms with Crippen LogP contribution in [0.25, 0.3) is 0 Å². The Kier molecular flexibility index (Phi) is 3.28. The molecule has 18 heavy (non-hydrogen) atoms. The highest BCUT2D eigenvalue weighted by molar-refractivity contribution is 6.00. The number of rotatable bonds is 3. The predicted octanol–water partition coefficient (Wildman–Crippen LogP) is 1.82. The number of hydrogen-bond acceptors (Lipinski definition) is 5. The molecule has 0 unspecified atom stereocenters. The predicted molar refractivity (Wildman–Crippen MR) is 63.9 cm³/mol. The average Bonchev–Trinajstić information content (AvgIpc) is 2.75. The molecule has 5 heteroatoms. The van der Waals surface area contributed by atoms with Crippen LogP contribution in [0.4, 0.5) is 0 Å². The van der Waals surface area contributed by atoms with Crippen LogP contribution < -0.4 is 4.74 Å². The van der Waals surface area contributed by atoms with E-state index >= 15 is 0 Å². The van der Waals surface area contributed by atoms with Crippen LogP contribution >= 0.6 is 0 Å². The van der Waals surface area contributed by atoms with Gasteiger partial charge in [0.15, 0.2) is 11.6 Å². The monoisotopic (exact) mass is 252 g/mol. The van der Waals surface area contributed by atoms with E-state index in [0.717, 1.165) is 0 Å². The van der Waals surface area contributed by atoms with Crippen LogP contribution in [0.15, 0.2) is 12.1 Å². The maximum absolute atomic E-state index is 11.6. The van der Waals surface area contributed by atoms with Crippen molar-refractivity contribution in [2.45, 2.75) is 19.6 Å². The summed E-state index contributed by atoms with van der Waals surface area (Å²) in [6.45, 7) is 4.00. The van der Waals surface area contributed by atoms with Crippen molar-refractivity contribution in [3.8, 4) is 11.5 Å². The molecule has 0 bridgehead atoms. The molecule has 1 fully saturated rings. The number of aromatic hydroxyl groups is 1. The van der Waals surface area contributed by atoms with Gasteiger partial charge in [0, 0.05) is 0 Å². The summed E-state index contributed by atoms with van der Waals surface area (Å²) >= 11 is 0. The first kappa shape index (κ1) is 12.9. The first-order chi connectivity index (χ1) is 8.49. The van der Waals surface area contributed by atoms with Crippen molar-refractivity contribution in [3.63, 3.8) is 0 Å². The van der Waals surface area contributed by atoms with E-state index in [0.29, 0.717) is 24.5 Å². The summed E-state index contributed by atoms with van der Waals surface area (Å²) in [4.78, 5) is 11.6. The first-order valence-corrected chi connectivity index (χ1v) is 5.69. The molecule has 98 valence electrons. The van der Waals surface area contributed by atoms with Gasteiger partial charge in [-0.1, -0.05) is 0 Å². The molecule has 0 radical (unpaired) electrons. The van der Waals surface area contributed by atoms with Gasteiger partial charge < -0.3 is 19.3 Å². The molecule has 1 heterocycles. The zero-order valence-electron chi connectivity index (χ0n) is 10.6. The van der Waals surface area contributed by atoms with E-state index in [1.54, 1.807) is 19.1 Å². The van der Waals surface area contributed by atoms with Crippen LogP contribution in [0.5, 0.6) is 11.5 Å². The number of Topliss-reactive ketones (excluding diaryl/α,β-unsaturated/α-hetero) is 1. The van der Waals surface area contributed by atoms with Crippen molar-refractivity contribution in [1.29, 1.82) is 0 Å². The molecule has 1 aliphatic heterocycles. The van der Waals surface area contributed by atoms with Crippen molar-refractivity contribution >= 4 is 5.78 Å². The second-order valence-corrected chi connectivity index (χ2v) is 4.24. The van der Waals surface area contributed by atoms with Gasteiger partial charge in [0.2, 0.25) is 0 Å². The summed E-state index contributed by atoms with van der Waals surface area (Å²) in [5.74, 6) is -1.09. The smallest absolute Gasteiger partial charge is 0.195 e. The van der Waals surface area contributed by atoms with Crippen molar-refractivity contribution < 1.29 is 24.1 Å². The average molecular weight is 252 g/mol. The Labute approximate surface area is 105 Å². The molecule has 1 N–H and O–H groups in total. The number of carbonyl (C=O) groups is 1. The van der Waals surface area contributed by atoms with Crippen molar-refractivity contribution in [2.24, 2.45) is 0 Å². The van der Waals surface area contributed by atoms with Gasteiger partial charge >= 0.3 is 0 Å². The summed E-state index contributed by atoms with van der Waals surface area (Å²) in [6, 6.07) is 3.27. The lowest BCUT2D eigenvalue weighted by Crippen LogP contribution is -2.23.